The van der Waals surface area contributed by atoms with Crippen molar-refractivity contribution in [2.75, 3.05) is 13.2 Å². The predicted octanol–water partition coefficient (Wildman–Crippen LogP) is 3.49. The Labute approximate surface area is 82.9 Å². The van der Waals surface area contributed by atoms with E-state index in [0.29, 0.717) is 5.41 Å². The van der Waals surface area contributed by atoms with Gasteiger partial charge in [-0.25, -0.2) is 0 Å². The summed E-state index contributed by atoms with van der Waals surface area (Å²) in [7, 11) is 0. The van der Waals surface area contributed by atoms with E-state index < -0.39 is 0 Å². The number of ether oxygens (including phenoxy) is 1. The van der Waals surface area contributed by atoms with Gasteiger partial charge in [0.2, 0.25) is 0 Å². The summed E-state index contributed by atoms with van der Waals surface area (Å²) < 4.78 is 5.54. The van der Waals surface area contributed by atoms with Crippen molar-refractivity contribution < 1.29 is 4.74 Å². The zero-order chi connectivity index (χ0) is 9.90. The molecule has 1 fully saturated rings. The van der Waals surface area contributed by atoms with Crippen LogP contribution in [-0.4, -0.2) is 13.2 Å². The maximum absolute atomic E-state index is 5.54. The fraction of sp³-hybridized carbons (Fsp3) is 1.00. The molecule has 0 radical (unpaired) electrons. The molecular weight excluding hydrogens is 160 g/mol. The molecule has 0 aromatic heterocycles. The van der Waals surface area contributed by atoms with Gasteiger partial charge in [0.25, 0.3) is 0 Å². The standard InChI is InChI=1S/C12H24O/c1-5-10-9-13-8-7-11(10)12(3,4)6-2/h10-11H,5-9H2,1-4H3. The average Bonchev–Trinajstić information content (AvgIpc) is 2.18. The van der Waals surface area contributed by atoms with E-state index in [1.54, 1.807) is 0 Å². The molecule has 0 bridgehead atoms. The van der Waals surface area contributed by atoms with Gasteiger partial charge in [0, 0.05) is 13.2 Å². The third-order valence-electron chi connectivity index (χ3n) is 3.91. The van der Waals surface area contributed by atoms with E-state index in [1.165, 1.54) is 19.3 Å². The summed E-state index contributed by atoms with van der Waals surface area (Å²) in [6, 6.07) is 0. The molecule has 0 N–H and O–H groups in total. The summed E-state index contributed by atoms with van der Waals surface area (Å²) in [6.45, 7) is 11.4. The molecule has 0 aromatic carbocycles. The van der Waals surface area contributed by atoms with Crippen LogP contribution >= 0.6 is 0 Å². The molecule has 1 saturated heterocycles. The topological polar surface area (TPSA) is 9.23 Å². The van der Waals surface area contributed by atoms with Crippen molar-refractivity contribution in [3.63, 3.8) is 0 Å². The van der Waals surface area contributed by atoms with Gasteiger partial charge in [-0.15, -0.1) is 0 Å². The van der Waals surface area contributed by atoms with Crippen molar-refractivity contribution in [2.45, 2.75) is 47.0 Å². The van der Waals surface area contributed by atoms with Crippen molar-refractivity contribution in [3.05, 3.63) is 0 Å². The average molecular weight is 184 g/mol. The lowest BCUT2D eigenvalue weighted by molar-refractivity contribution is -0.0305. The highest BCUT2D eigenvalue weighted by atomic mass is 16.5. The molecule has 0 amide bonds. The van der Waals surface area contributed by atoms with Crippen molar-refractivity contribution in [1.82, 2.24) is 0 Å². The Bertz CT molecular complexity index is 151. The van der Waals surface area contributed by atoms with Gasteiger partial charge < -0.3 is 4.74 Å². The smallest absolute Gasteiger partial charge is 0.0497 e. The minimum Gasteiger partial charge on any atom is -0.381 e. The van der Waals surface area contributed by atoms with Crippen LogP contribution in [-0.2, 0) is 4.74 Å². The second-order valence-electron chi connectivity index (χ2n) is 4.98. The second-order valence-corrected chi connectivity index (χ2v) is 4.98. The van der Waals surface area contributed by atoms with Crippen molar-refractivity contribution in [2.24, 2.45) is 17.3 Å². The Morgan fingerprint density at radius 1 is 1.31 bits per heavy atom. The summed E-state index contributed by atoms with van der Waals surface area (Å²) in [5.74, 6) is 1.67. The molecular formula is C12H24O. The van der Waals surface area contributed by atoms with Gasteiger partial charge in [0.15, 0.2) is 0 Å². The zero-order valence-corrected chi connectivity index (χ0v) is 9.60. The van der Waals surface area contributed by atoms with E-state index in [2.05, 4.69) is 27.7 Å². The third-order valence-corrected chi connectivity index (χ3v) is 3.91. The summed E-state index contributed by atoms with van der Waals surface area (Å²) >= 11 is 0. The molecule has 0 spiro atoms. The van der Waals surface area contributed by atoms with Gasteiger partial charge in [-0.05, 0) is 23.7 Å². The fourth-order valence-corrected chi connectivity index (χ4v) is 2.49. The van der Waals surface area contributed by atoms with E-state index in [0.717, 1.165) is 25.0 Å². The number of hydrogen-bond acceptors (Lipinski definition) is 1. The zero-order valence-electron chi connectivity index (χ0n) is 9.60. The Morgan fingerprint density at radius 2 is 2.00 bits per heavy atom. The molecule has 0 aliphatic carbocycles. The Balaban J connectivity index is 2.63. The lowest BCUT2D eigenvalue weighted by atomic mass is 9.67. The van der Waals surface area contributed by atoms with Crippen LogP contribution in [0, 0.1) is 17.3 Å². The fourth-order valence-electron chi connectivity index (χ4n) is 2.49. The normalized spacial score (nSPS) is 30.5. The highest BCUT2D eigenvalue weighted by Gasteiger charge is 2.35. The van der Waals surface area contributed by atoms with Crippen LogP contribution in [0.4, 0.5) is 0 Å². The molecule has 1 heterocycles. The van der Waals surface area contributed by atoms with E-state index in [1.807, 2.05) is 0 Å². The van der Waals surface area contributed by atoms with Crippen LogP contribution in [0.1, 0.15) is 47.0 Å². The minimum absolute atomic E-state index is 0.504. The first-order valence-electron chi connectivity index (χ1n) is 5.69. The maximum atomic E-state index is 5.54. The number of hydrogen-bond donors (Lipinski definition) is 0. The van der Waals surface area contributed by atoms with Crippen LogP contribution in [0.5, 0.6) is 0 Å². The van der Waals surface area contributed by atoms with Crippen molar-refractivity contribution in [3.8, 4) is 0 Å². The third kappa shape index (κ3) is 2.46. The van der Waals surface area contributed by atoms with Crippen LogP contribution in [0.25, 0.3) is 0 Å². The predicted molar refractivity (Wildman–Crippen MR) is 56.8 cm³/mol. The van der Waals surface area contributed by atoms with E-state index in [-0.39, 0.29) is 0 Å². The lowest BCUT2D eigenvalue weighted by Crippen LogP contribution is -2.37. The van der Waals surface area contributed by atoms with E-state index in [4.69, 9.17) is 4.74 Å². The highest BCUT2D eigenvalue weighted by molar-refractivity contribution is 4.84. The van der Waals surface area contributed by atoms with Crippen molar-refractivity contribution in [1.29, 1.82) is 0 Å². The molecule has 0 aromatic rings. The van der Waals surface area contributed by atoms with Gasteiger partial charge in [0.05, 0.1) is 0 Å². The first-order chi connectivity index (χ1) is 6.11. The summed E-state index contributed by atoms with van der Waals surface area (Å²) in [5.41, 5.74) is 0.504. The van der Waals surface area contributed by atoms with E-state index >= 15 is 0 Å². The Kier molecular flexibility index (Phi) is 3.78. The Morgan fingerprint density at radius 3 is 2.54 bits per heavy atom. The number of rotatable bonds is 3. The first kappa shape index (κ1) is 11.0. The molecule has 2 unspecified atom stereocenters. The monoisotopic (exact) mass is 184 g/mol. The molecule has 78 valence electrons. The Hall–Kier alpha value is -0.0400. The van der Waals surface area contributed by atoms with Gasteiger partial charge in [-0.2, -0.15) is 0 Å². The van der Waals surface area contributed by atoms with Crippen LogP contribution < -0.4 is 0 Å². The van der Waals surface area contributed by atoms with Gasteiger partial charge >= 0.3 is 0 Å². The molecule has 1 aliphatic rings. The van der Waals surface area contributed by atoms with Gasteiger partial charge in [-0.1, -0.05) is 40.5 Å². The summed E-state index contributed by atoms with van der Waals surface area (Å²) in [6.07, 6.45) is 3.82. The summed E-state index contributed by atoms with van der Waals surface area (Å²) in [5, 5.41) is 0. The quantitative estimate of drug-likeness (QED) is 0.652. The largest absolute Gasteiger partial charge is 0.381 e. The molecule has 2 atom stereocenters. The van der Waals surface area contributed by atoms with Gasteiger partial charge in [0.1, 0.15) is 0 Å². The molecule has 1 heteroatoms. The van der Waals surface area contributed by atoms with E-state index in [9.17, 15) is 0 Å². The van der Waals surface area contributed by atoms with Crippen LogP contribution in [0.3, 0.4) is 0 Å². The second kappa shape index (κ2) is 4.45. The van der Waals surface area contributed by atoms with Crippen LogP contribution in [0.15, 0.2) is 0 Å². The minimum atomic E-state index is 0.504. The first-order valence-corrected chi connectivity index (χ1v) is 5.69. The maximum Gasteiger partial charge on any atom is 0.0497 e. The van der Waals surface area contributed by atoms with Crippen molar-refractivity contribution >= 4 is 0 Å². The molecule has 0 saturated carbocycles. The SMILES string of the molecule is CCC1COCCC1C(C)(C)CC. The highest BCUT2D eigenvalue weighted by Crippen LogP contribution is 2.41. The molecule has 1 nitrogen and oxygen atoms in total. The molecule has 1 rings (SSSR count). The molecule has 1 aliphatic heterocycles. The lowest BCUT2D eigenvalue weighted by Gasteiger charge is -2.41. The summed E-state index contributed by atoms with van der Waals surface area (Å²) in [4.78, 5) is 0. The molecule has 13 heavy (non-hydrogen) atoms. The van der Waals surface area contributed by atoms with Crippen LogP contribution in [0.2, 0.25) is 0 Å². The van der Waals surface area contributed by atoms with Gasteiger partial charge in [-0.3, -0.25) is 0 Å².